The molecule has 10 heteroatoms. The third-order valence-corrected chi connectivity index (χ3v) is 11.9. The summed E-state index contributed by atoms with van der Waals surface area (Å²) in [6.07, 6.45) is 50.4. The molecule has 0 saturated heterocycles. The summed E-state index contributed by atoms with van der Waals surface area (Å²) < 4.78 is 34.0. The van der Waals surface area contributed by atoms with E-state index in [4.69, 9.17) is 18.5 Å². The van der Waals surface area contributed by atoms with E-state index in [0.717, 1.165) is 51.4 Å². The van der Waals surface area contributed by atoms with Gasteiger partial charge in [0.25, 0.3) is 7.82 Å². The van der Waals surface area contributed by atoms with E-state index in [9.17, 15) is 19.0 Å². The molecule has 0 bridgehead atoms. The van der Waals surface area contributed by atoms with Gasteiger partial charge in [0.15, 0.2) is 6.10 Å². The van der Waals surface area contributed by atoms with Crippen molar-refractivity contribution in [1.29, 1.82) is 0 Å². The minimum Gasteiger partial charge on any atom is -0.756 e. The van der Waals surface area contributed by atoms with E-state index in [0.29, 0.717) is 23.9 Å². The molecule has 0 radical (unpaired) electrons. The Morgan fingerprint density at radius 1 is 0.508 bits per heavy atom. The maximum Gasteiger partial charge on any atom is 0.306 e. The summed E-state index contributed by atoms with van der Waals surface area (Å²) in [6.45, 7) is 4.19. The van der Waals surface area contributed by atoms with Crippen LogP contribution in [0.1, 0.15) is 226 Å². The number of carbonyl (C=O) groups is 2. The zero-order valence-corrected chi connectivity index (χ0v) is 41.3. The van der Waals surface area contributed by atoms with Gasteiger partial charge in [-0.2, -0.15) is 0 Å². The van der Waals surface area contributed by atoms with Crippen LogP contribution in [0.3, 0.4) is 0 Å². The zero-order chi connectivity index (χ0) is 45.0. The van der Waals surface area contributed by atoms with Crippen LogP contribution < -0.4 is 4.89 Å². The average Bonchev–Trinajstić information content (AvgIpc) is 3.21. The van der Waals surface area contributed by atoms with Gasteiger partial charge in [0.1, 0.15) is 19.8 Å². The number of esters is 2. The number of nitrogens with zero attached hydrogens (tertiary/aromatic N) is 1. The minimum absolute atomic E-state index is 0.0357. The predicted octanol–water partition coefficient (Wildman–Crippen LogP) is 14.2. The highest BCUT2D eigenvalue weighted by molar-refractivity contribution is 7.45. The van der Waals surface area contributed by atoms with Gasteiger partial charge < -0.3 is 27.9 Å². The second kappa shape index (κ2) is 43.5. The van der Waals surface area contributed by atoms with Crippen molar-refractivity contribution in [3.63, 3.8) is 0 Å². The van der Waals surface area contributed by atoms with Crippen LogP contribution in [0.4, 0.5) is 0 Å². The number of rotatable bonds is 46. The van der Waals surface area contributed by atoms with Gasteiger partial charge in [-0.25, -0.2) is 0 Å². The van der Waals surface area contributed by atoms with Gasteiger partial charge >= 0.3 is 11.9 Å². The molecule has 0 amide bonds. The van der Waals surface area contributed by atoms with Crippen molar-refractivity contribution in [1.82, 2.24) is 0 Å². The lowest BCUT2D eigenvalue weighted by Gasteiger charge is -2.28. The van der Waals surface area contributed by atoms with Gasteiger partial charge in [-0.15, -0.1) is 0 Å². The van der Waals surface area contributed by atoms with E-state index in [-0.39, 0.29) is 26.1 Å². The standard InChI is InChI=1S/C51H96NO8P/c1-6-8-10-12-14-16-18-20-22-23-24-25-26-27-28-30-32-34-36-38-40-42-44-51(54)60-49(48-59-61(55,56)58-46-45-52(3,4)5)47-57-50(53)43-41-39-37-35-33-31-29-21-19-17-15-13-11-9-7-2/h15,17,21,29,33,35,49H,6-14,16,18-20,22-28,30-32,34,36-48H2,1-5H3/b17-15+,29-21+,35-33+/t49-/m1/s1. The Hall–Kier alpha value is -1.77. The fourth-order valence-electron chi connectivity index (χ4n) is 6.96. The first-order valence-corrected chi connectivity index (χ1v) is 26.7. The summed E-state index contributed by atoms with van der Waals surface area (Å²) in [6, 6.07) is 0. The molecular formula is C51H96NO8P. The predicted molar refractivity (Wildman–Crippen MR) is 254 cm³/mol. The maximum atomic E-state index is 12.7. The molecule has 0 rings (SSSR count). The van der Waals surface area contributed by atoms with Gasteiger partial charge in [-0.05, 0) is 51.4 Å². The number of ether oxygens (including phenoxy) is 2. The van der Waals surface area contributed by atoms with Crippen molar-refractivity contribution in [2.75, 3.05) is 47.5 Å². The van der Waals surface area contributed by atoms with E-state index < -0.39 is 32.5 Å². The monoisotopic (exact) mass is 882 g/mol. The van der Waals surface area contributed by atoms with Crippen molar-refractivity contribution in [2.24, 2.45) is 0 Å². The van der Waals surface area contributed by atoms with Gasteiger partial charge in [-0.3, -0.25) is 14.2 Å². The Kier molecular flexibility index (Phi) is 42.2. The number of quaternary nitrogens is 1. The number of allylic oxidation sites excluding steroid dienone is 6. The molecule has 0 fully saturated rings. The maximum absolute atomic E-state index is 12.7. The molecule has 0 aromatic rings. The van der Waals surface area contributed by atoms with E-state index in [1.54, 1.807) is 0 Å². The molecule has 0 aromatic heterocycles. The third-order valence-electron chi connectivity index (χ3n) is 10.9. The molecule has 0 spiro atoms. The Morgan fingerprint density at radius 3 is 1.34 bits per heavy atom. The number of carbonyl (C=O) groups excluding carboxylic acids is 2. The van der Waals surface area contributed by atoms with Crippen LogP contribution in [0.25, 0.3) is 0 Å². The smallest absolute Gasteiger partial charge is 0.306 e. The molecule has 0 aliphatic heterocycles. The molecule has 0 aliphatic rings. The molecule has 0 N–H and O–H groups in total. The zero-order valence-electron chi connectivity index (χ0n) is 40.4. The highest BCUT2D eigenvalue weighted by Gasteiger charge is 2.21. The Labute approximate surface area is 376 Å². The summed E-state index contributed by atoms with van der Waals surface area (Å²) in [5.41, 5.74) is 0. The lowest BCUT2D eigenvalue weighted by Crippen LogP contribution is -2.37. The largest absolute Gasteiger partial charge is 0.756 e. The number of hydrogen-bond acceptors (Lipinski definition) is 8. The molecule has 2 atom stereocenters. The topological polar surface area (TPSA) is 111 Å². The fourth-order valence-corrected chi connectivity index (χ4v) is 7.69. The average molecular weight is 882 g/mol. The summed E-state index contributed by atoms with van der Waals surface area (Å²) in [5.74, 6) is -0.871. The van der Waals surface area contributed by atoms with Gasteiger partial charge in [0.05, 0.1) is 27.7 Å². The molecule has 9 nitrogen and oxygen atoms in total. The molecule has 0 saturated carbocycles. The Balaban J connectivity index is 4.26. The summed E-state index contributed by atoms with van der Waals surface area (Å²) >= 11 is 0. The summed E-state index contributed by atoms with van der Waals surface area (Å²) in [4.78, 5) is 37.6. The summed E-state index contributed by atoms with van der Waals surface area (Å²) in [7, 11) is 1.15. The van der Waals surface area contributed by atoms with Gasteiger partial charge in [0.2, 0.25) is 0 Å². The third kappa shape index (κ3) is 47.5. The molecule has 0 aliphatic carbocycles. The lowest BCUT2D eigenvalue weighted by atomic mass is 10.0. The Morgan fingerprint density at radius 2 is 0.885 bits per heavy atom. The normalized spacial score (nSPS) is 13.7. The molecule has 358 valence electrons. The SMILES string of the molecule is CCCCC/C=C/C/C=C/C/C=C/CCCCC(=O)OC[C@H](COP(=O)([O-])OCC[N+](C)(C)C)OC(=O)CCCCCCCCCCCCCCCCCCCCCCCC. The Bertz CT molecular complexity index is 1130. The fraction of sp³-hybridized carbons (Fsp3) is 0.843. The number of unbranched alkanes of at least 4 members (excludes halogenated alkanes) is 26. The number of phosphoric acid groups is 1. The van der Waals surface area contributed by atoms with Crippen LogP contribution in [-0.2, 0) is 32.7 Å². The molecule has 1 unspecified atom stereocenters. The highest BCUT2D eigenvalue weighted by Crippen LogP contribution is 2.38. The van der Waals surface area contributed by atoms with E-state index in [2.05, 4.69) is 50.3 Å². The number of hydrogen-bond donors (Lipinski definition) is 0. The first-order chi connectivity index (χ1) is 29.5. The highest BCUT2D eigenvalue weighted by atomic mass is 31.2. The molecular weight excluding hydrogens is 786 g/mol. The van der Waals surface area contributed by atoms with Crippen molar-refractivity contribution >= 4 is 19.8 Å². The number of phosphoric ester groups is 1. The van der Waals surface area contributed by atoms with Gasteiger partial charge in [-0.1, -0.05) is 198 Å². The first-order valence-electron chi connectivity index (χ1n) is 25.2. The van der Waals surface area contributed by atoms with Crippen molar-refractivity contribution in [2.45, 2.75) is 232 Å². The van der Waals surface area contributed by atoms with E-state index >= 15 is 0 Å². The first kappa shape index (κ1) is 59.2. The molecule has 61 heavy (non-hydrogen) atoms. The quantitative estimate of drug-likeness (QED) is 0.0195. The second-order valence-corrected chi connectivity index (χ2v) is 19.6. The van der Waals surface area contributed by atoms with Crippen molar-refractivity contribution < 1.29 is 42.1 Å². The van der Waals surface area contributed by atoms with Crippen LogP contribution >= 0.6 is 7.82 Å². The second-order valence-electron chi connectivity index (χ2n) is 18.2. The van der Waals surface area contributed by atoms with Crippen LogP contribution in [0, 0.1) is 0 Å². The van der Waals surface area contributed by atoms with E-state index in [1.807, 2.05) is 21.1 Å². The van der Waals surface area contributed by atoms with Crippen LogP contribution in [-0.4, -0.2) is 70.0 Å². The minimum atomic E-state index is -4.63. The summed E-state index contributed by atoms with van der Waals surface area (Å²) in [5, 5.41) is 0. The van der Waals surface area contributed by atoms with Crippen molar-refractivity contribution in [3.05, 3.63) is 36.5 Å². The van der Waals surface area contributed by atoms with Gasteiger partial charge in [0, 0.05) is 12.8 Å². The van der Waals surface area contributed by atoms with Crippen LogP contribution in [0.5, 0.6) is 0 Å². The lowest BCUT2D eigenvalue weighted by molar-refractivity contribution is -0.870. The number of likely N-dealkylation sites (N-methyl/N-ethyl adjacent to an activating group) is 1. The van der Waals surface area contributed by atoms with Crippen LogP contribution in [0.2, 0.25) is 0 Å². The van der Waals surface area contributed by atoms with E-state index in [1.165, 1.54) is 135 Å². The van der Waals surface area contributed by atoms with Crippen molar-refractivity contribution in [3.8, 4) is 0 Å². The van der Waals surface area contributed by atoms with Crippen LogP contribution in [0.15, 0.2) is 36.5 Å². The molecule has 0 heterocycles. The molecule has 0 aromatic carbocycles.